The molecule has 1 aliphatic carbocycles. The molecule has 0 heterocycles. The lowest BCUT2D eigenvalue weighted by atomic mass is 9.68. The van der Waals surface area contributed by atoms with Gasteiger partial charge in [-0.3, -0.25) is 4.79 Å². The van der Waals surface area contributed by atoms with Crippen molar-refractivity contribution in [3.8, 4) is 0 Å². The number of carboxylic acid groups (broad SMARTS) is 1. The molecule has 0 aromatic heterocycles. The number of fused-ring (bicyclic) bond motifs is 1. The van der Waals surface area contributed by atoms with Crippen molar-refractivity contribution in [1.82, 2.24) is 0 Å². The van der Waals surface area contributed by atoms with Gasteiger partial charge in [-0.1, -0.05) is 19.9 Å². The predicted molar refractivity (Wildman–Crippen MR) is 63.5 cm³/mol. The summed E-state index contributed by atoms with van der Waals surface area (Å²) in [6, 6.07) is 4.75. The third-order valence-corrected chi connectivity index (χ3v) is 3.44. The lowest BCUT2D eigenvalue weighted by Crippen LogP contribution is -2.27. The number of carbonyl (C=O) groups is 1. The summed E-state index contributed by atoms with van der Waals surface area (Å²) in [5, 5.41) is 8.94. The number of halogens is 1. The molecule has 1 N–H and O–H groups in total. The van der Waals surface area contributed by atoms with Crippen LogP contribution in [-0.4, -0.2) is 11.1 Å². The van der Waals surface area contributed by atoms with E-state index in [1.54, 1.807) is 6.07 Å². The molecule has 3 heteroatoms. The van der Waals surface area contributed by atoms with Crippen molar-refractivity contribution >= 4 is 5.97 Å². The first kappa shape index (κ1) is 12.1. The van der Waals surface area contributed by atoms with Gasteiger partial charge in [-0.05, 0) is 47.4 Å². The Hall–Kier alpha value is -1.38. The summed E-state index contributed by atoms with van der Waals surface area (Å²) in [7, 11) is 0. The van der Waals surface area contributed by atoms with E-state index in [-0.39, 0.29) is 23.6 Å². The van der Waals surface area contributed by atoms with Gasteiger partial charge in [0.05, 0.1) is 6.42 Å². The number of hydrogen-bond donors (Lipinski definition) is 1. The van der Waals surface area contributed by atoms with Gasteiger partial charge >= 0.3 is 5.97 Å². The highest BCUT2D eigenvalue weighted by atomic mass is 19.1. The highest BCUT2D eigenvalue weighted by Crippen LogP contribution is 2.43. The van der Waals surface area contributed by atoms with Gasteiger partial charge in [0.25, 0.3) is 0 Å². The minimum Gasteiger partial charge on any atom is -0.481 e. The number of aliphatic carboxylic acids is 1. The number of carboxylic acids is 1. The van der Waals surface area contributed by atoms with E-state index in [1.807, 2.05) is 0 Å². The quantitative estimate of drug-likeness (QED) is 0.855. The molecule has 0 saturated carbocycles. The summed E-state index contributed by atoms with van der Waals surface area (Å²) in [5.41, 5.74) is 2.06. The van der Waals surface area contributed by atoms with E-state index in [0.29, 0.717) is 0 Å². The lowest BCUT2D eigenvalue weighted by molar-refractivity contribution is -0.137. The van der Waals surface area contributed by atoms with Crippen LogP contribution in [0.25, 0.3) is 0 Å². The van der Waals surface area contributed by atoms with Gasteiger partial charge in [-0.2, -0.15) is 0 Å². The van der Waals surface area contributed by atoms with Crippen molar-refractivity contribution in [2.75, 3.05) is 0 Å². The van der Waals surface area contributed by atoms with Crippen LogP contribution in [0, 0.1) is 11.2 Å². The third kappa shape index (κ3) is 2.65. The van der Waals surface area contributed by atoms with Crippen molar-refractivity contribution < 1.29 is 14.3 Å². The average Bonchev–Trinajstić information content (AvgIpc) is 2.17. The van der Waals surface area contributed by atoms with Crippen LogP contribution < -0.4 is 0 Å². The number of rotatable bonds is 2. The van der Waals surface area contributed by atoms with E-state index in [1.165, 1.54) is 12.1 Å². The van der Waals surface area contributed by atoms with Gasteiger partial charge in [-0.25, -0.2) is 4.39 Å². The van der Waals surface area contributed by atoms with Crippen LogP contribution >= 0.6 is 0 Å². The van der Waals surface area contributed by atoms with E-state index in [0.717, 1.165) is 24.0 Å². The fourth-order valence-corrected chi connectivity index (χ4v) is 2.86. The van der Waals surface area contributed by atoms with E-state index < -0.39 is 5.97 Å². The van der Waals surface area contributed by atoms with Crippen molar-refractivity contribution in [3.63, 3.8) is 0 Å². The standard InChI is InChI=1S/C14H17FO2/c1-14(2)7-9-3-4-11(15)6-12(9)10(8-14)5-13(16)17/h3-4,6,10H,5,7-8H2,1-2H3,(H,16,17). The second-order valence-electron chi connectivity index (χ2n) is 5.68. The zero-order chi connectivity index (χ0) is 12.6. The van der Waals surface area contributed by atoms with Crippen molar-refractivity contribution in [2.45, 2.75) is 39.0 Å². The molecule has 0 fully saturated rings. The summed E-state index contributed by atoms with van der Waals surface area (Å²) in [4.78, 5) is 10.9. The maximum atomic E-state index is 13.3. The van der Waals surface area contributed by atoms with E-state index in [4.69, 9.17) is 5.11 Å². The molecule has 0 saturated heterocycles. The Morgan fingerprint density at radius 2 is 2.24 bits per heavy atom. The van der Waals surface area contributed by atoms with Gasteiger partial charge in [0.2, 0.25) is 0 Å². The van der Waals surface area contributed by atoms with E-state index >= 15 is 0 Å². The lowest BCUT2D eigenvalue weighted by Gasteiger charge is -2.36. The Morgan fingerprint density at radius 3 is 2.88 bits per heavy atom. The van der Waals surface area contributed by atoms with Crippen LogP contribution in [0.3, 0.4) is 0 Å². The molecule has 1 aromatic rings. The zero-order valence-electron chi connectivity index (χ0n) is 10.2. The molecule has 2 nitrogen and oxygen atoms in total. The largest absolute Gasteiger partial charge is 0.481 e. The van der Waals surface area contributed by atoms with Crippen LogP contribution in [0.5, 0.6) is 0 Å². The second kappa shape index (κ2) is 4.13. The van der Waals surface area contributed by atoms with Gasteiger partial charge in [-0.15, -0.1) is 0 Å². The molecule has 0 amide bonds. The highest BCUT2D eigenvalue weighted by molar-refractivity contribution is 5.68. The molecule has 0 aliphatic heterocycles. The monoisotopic (exact) mass is 236 g/mol. The van der Waals surface area contributed by atoms with Crippen LogP contribution in [0.4, 0.5) is 4.39 Å². The Morgan fingerprint density at radius 1 is 1.53 bits per heavy atom. The second-order valence-corrected chi connectivity index (χ2v) is 5.68. The molecular formula is C14H17FO2. The van der Waals surface area contributed by atoms with E-state index in [2.05, 4.69) is 13.8 Å². The summed E-state index contributed by atoms with van der Waals surface area (Å²) in [6.45, 7) is 4.27. The first-order chi connectivity index (χ1) is 7.87. The normalized spacial score (nSPS) is 21.9. The molecule has 2 rings (SSSR count). The third-order valence-electron chi connectivity index (χ3n) is 3.44. The summed E-state index contributed by atoms with van der Waals surface area (Å²) in [5.74, 6) is -1.16. The predicted octanol–water partition coefficient (Wildman–Crippen LogP) is 3.36. The molecule has 1 unspecified atom stereocenters. The van der Waals surface area contributed by atoms with Crippen molar-refractivity contribution in [1.29, 1.82) is 0 Å². The average molecular weight is 236 g/mol. The molecule has 0 spiro atoms. The van der Waals surface area contributed by atoms with Crippen molar-refractivity contribution in [3.05, 3.63) is 35.1 Å². The summed E-state index contributed by atoms with van der Waals surface area (Å²) >= 11 is 0. The van der Waals surface area contributed by atoms with Crippen molar-refractivity contribution in [2.24, 2.45) is 5.41 Å². The molecule has 0 radical (unpaired) electrons. The smallest absolute Gasteiger partial charge is 0.303 e. The highest BCUT2D eigenvalue weighted by Gasteiger charge is 2.33. The fraction of sp³-hybridized carbons (Fsp3) is 0.500. The fourth-order valence-electron chi connectivity index (χ4n) is 2.86. The van der Waals surface area contributed by atoms with Gasteiger partial charge in [0.1, 0.15) is 5.82 Å². The topological polar surface area (TPSA) is 37.3 Å². The molecule has 17 heavy (non-hydrogen) atoms. The van der Waals surface area contributed by atoms with Crippen LogP contribution in [0.2, 0.25) is 0 Å². The summed E-state index contributed by atoms with van der Waals surface area (Å²) in [6.07, 6.45) is 1.77. The van der Waals surface area contributed by atoms with Gasteiger partial charge < -0.3 is 5.11 Å². The SMILES string of the molecule is CC1(C)Cc2ccc(F)cc2C(CC(=O)O)C1. The molecule has 1 aliphatic rings. The van der Waals surface area contributed by atoms with Gasteiger partial charge in [0.15, 0.2) is 0 Å². The Balaban J connectivity index is 2.40. The maximum absolute atomic E-state index is 13.3. The number of hydrogen-bond acceptors (Lipinski definition) is 1. The zero-order valence-corrected chi connectivity index (χ0v) is 10.2. The van der Waals surface area contributed by atoms with Crippen LogP contribution in [-0.2, 0) is 11.2 Å². The molecule has 1 atom stereocenters. The minimum atomic E-state index is -0.817. The maximum Gasteiger partial charge on any atom is 0.303 e. The Kier molecular flexibility index (Phi) is 2.94. The first-order valence-electron chi connectivity index (χ1n) is 5.87. The minimum absolute atomic E-state index is 0.0676. The number of benzene rings is 1. The van der Waals surface area contributed by atoms with Gasteiger partial charge in [0, 0.05) is 0 Å². The van der Waals surface area contributed by atoms with Crippen LogP contribution in [0.15, 0.2) is 18.2 Å². The molecule has 0 bridgehead atoms. The summed E-state index contributed by atoms with van der Waals surface area (Å²) < 4.78 is 13.3. The van der Waals surface area contributed by atoms with Crippen LogP contribution in [0.1, 0.15) is 43.7 Å². The molecule has 1 aromatic carbocycles. The first-order valence-corrected chi connectivity index (χ1v) is 5.87. The molecular weight excluding hydrogens is 219 g/mol. The Bertz CT molecular complexity index is 452. The van der Waals surface area contributed by atoms with E-state index in [9.17, 15) is 9.18 Å². The Labute approximate surface area is 100 Å². The molecule has 92 valence electrons.